The molecule has 0 aromatic heterocycles. The maximum Gasteiger partial charge on any atom is 0.472 e. The maximum atomic E-state index is 12.6. The first-order valence-corrected chi connectivity index (χ1v) is 22.5. The fourth-order valence-electron chi connectivity index (χ4n) is 5.50. The second-order valence-electron chi connectivity index (χ2n) is 14.1. The van der Waals surface area contributed by atoms with Crippen LogP contribution in [0.5, 0.6) is 0 Å². The number of carbonyl (C=O) groups excluding carboxylic acids is 2. The average Bonchev–Trinajstić information content (AvgIpc) is 3.14. The van der Waals surface area contributed by atoms with E-state index in [1.807, 2.05) is 0 Å². The molecule has 0 spiro atoms. The number of aliphatic carboxylic acids is 1. The number of rotatable bonds is 39. The van der Waals surface area contributed by atoms with Crippen LogP contribution in [0.1, 0.15) is 181 Å². The lowest BCUT2D eigenvalue weighted by atomic mass is 10.1. The van der Waals surface area contributed by atoms with Gasteiger partial charge in [-0.25, -0.2) is 4.57 Å². The zero-order valence-corrected chi connectivity index (χ0v) is 34.7. The van der Waals surface area contributed by atoms with Crippen LogP contribution in [0.3, 0.4) is 0 Å². The van der Waals surface area contributed by atoms with Crippen molar-refractivity contribution in [2.45, 2.75) is 193 Å². The maximum absolute atomic E-state index is 12.6. The van der Waals surface area contributed by atoms with Crippen LogP contribution in [0.4, 0.5) is 0 Å². The number of nitrogens with two attached hydrogens (primary N) is 1. The third-order valence-electron chi connectivity index (χ3n) is 8.86. The van der Waals surface area contributed by atoms with Crippen molar-refractivity contribution in [1.82, 2.24) is 0 Å². The summed E-state index contributed by atoms with van der Waals surface area (Å²) < 4.78 is 32.6. The molecule has 54 heavy (non-hydrogen) atoms. The van der Waals surface area contributed by atoms with Gasteiger partial charge in [-0.1, -0.05) is 134 Å². The van der Waals surface area contributed by atoms with E-state index in [9.17, 15) is 23.8 Å². The molecule has 0 heterocycles. The monoisotopic (exact) mass is 786 g/mol. The van der Waals surface area contributed by atoms with E-state index in [2.05, 4.69) is 54.8 Å². The molecule has 314 valence electrons. The molecule has 0 saturated heterocycles. The highest BCUT2D eigenvalue weighted by atomic mass is 31.2. The first-order chi connectivity index (χ1) is 26.1. The summed E-state index contributed by atoms with van der Waals surface area (Å²) in [5.74, 6) is -2.41. The zero-order chi connectivity index (χ0) is 40.0. The average molecular weight is 786 g/mol. The molecular formula is C42H76NO10P. The Hall–Kier alpha value is -2.30. The fourth-order valence-corrected chi connectivity index (χ4v) is 6.28. The standard InChI is InChI=1S/C42H76NO10P/c1-3-5-7-9-11-13-15-17-19-21-23-25-27-29-31-33-40(44)50-35-38(36-51-54(48,49)52-37-39(43)42(46)47)53-41(45)34-32-30-28-26-24-22-20-18-16-14-12-10-8-6-4-2/h12,14,17-20,38-39H,3-11,13,15-16,21-37,43H2,1-2H3,(H,46,47)(H,48,49)/b14-12-,19-17-,20-18-/t38-,39+/m1/s1. The molecule has 0 fully saturated rings. The summed E-state index contributed by atoms with van der Waals surface area (Å²) in [7, 11) is -4.72. The molecule has 11 nitrogen and oxygen atoms in total. The number of hydrogen-bond donors (Lipinski definition) is 3. The largest absolute Gasteiger partial charge is 0.480 e. The summed E-state index contributed by atoms with van der Waals surface area (Å²) in [4.78, 5) is 45.9. The van der Waals surface area contributed by atoms with Gasteiger partial charge < -0.3 is 25.2 Å². The van der Waals surface area contributed by atoms with Crippen molar-refractivity contribution in [3.8, 4) is 0 Å². The van der Waals surface area contributed by atoms with Gasteiger partial charge in [0.15, 0.2) is 6.10 Å². The molecule has 0 amide bonds. The van der Waals surface area contributed by atoms with Gasteiger partial charge in [0, 0.05) is 12.8 Å². The minimum Gasteiger partial charge on any atom is -0.480 e. The molecule has 1 unspecified atom stereocenters. The highest BCUT2D eigenvalue weighted by Crippen LogP contribution is 2.43. The lowest BCUT2D eigenvalue weighted by Crippen LogP contribution is -2.34. The third kappa shape index (κ3) is 36.7. The first-order valence-electron chi connectivity index (χ1n) is 21.0. The van der Waals surface area contributed by atoms with Gasteiger partial charge in [0.2, 0.25) is 0 Å². The second kappa shape index (κ2) is 37.6. The molecule has 3 atom stereocenters. The molecule has 0 aliphatic heterocycles. The Morgan fingerprint density at radius 2 is 0.981 bits per heavy atom. The minimum atomic E-state index is -4.72. The Labute approximate surface area is 327 Å². The van der Waals surface area contributed by atoms with Crippen LogP contribution in [0.2, 0.25) is 0 Å². The number of unbranched alkanes of at least 4 members (excludes halogenated alkanes) is 19. The van der Waals surface area contributed by atoms with E-state index in [1.54, 1.807) is 0 Å². The quantitative estimate of drug-likeness (QED) is 0.0234. The summed E-state index contributed by atoms with van der Waals surface area (Å²) in [5, 5.41) is 8.88. The van der Waals surface area contributed by atoms with Gasteiger partial charge in [-0.2, -0.15) is 0 Å². The van der Waals surface area contributed by atoms with Gasteiger partial charge in [0.1, 0.15) is 12.6 Å². The van der Waals surface area contributed by atoms with Crippen molar-refractivity contribution in [2.24, 2.45) is 5.73 Å². The van der Waals surface area contributed by atoms with Crippen molar-refractivity contribution in [1.29, 1.82) is 0 Å². The van der Waals surface area contributed by atoms with E-state index >= 15 is 0 Å². The van der Waals surface area contributed by atoms with Crippen LogP contribution < -0.4 is 5.73 Å². The van der Waals surface area contributed by atoms with E-state index in [0.717, 1.165) is 83.5 Å². The van der Waals surface area contributed by atoms with Gasteiger partial charge in [0.25, 0.3) is 0 Å². The molecule has 0 aliphatic rings. The molecule has 0 rings (SSSR count). The number of hydrogen-bond acceptors (Lipinski definition) is 9. The summed E-state index contributed by atoms with van der Waals surface area (Å²) in [5.41, 5.74) is 5.32. The molecule has 0 saturated carbocycles. The van der Waals surface area contributed by atoms with E-state index in [-0.39, 0.29) is 19.4 Å². The third-order valence-corrected chi connectivity index (χ3v) is 9.81. The van der Waals surface area contributed by atoms with Crippen molar-refractivity contribution >= 4 is 25.7 Å². The molecule has 0 bridgehead atoms. The Morgan fingerprint density at radius 1 is 0.574 bits per heavy atom. The first kappa shape index (κ1) is 51.7. The number of allylic oxidation sites excluding steroid dienone is 6. The molecule has 4 N–H and O–H groups in total. The molecule has 0 aromatic carbocycles. The predicted octanol–water partition coefficient (Wildman–Crippen LogP) is 10.8. The zero-order valence-electron chi connectivity index (χ0n) is 33.8. The Balaban J connectivity index is 4.43. The van der Waals surface area contributed by atoms with Crippen LogP contribution in [0.25, 0.3) is 0 Å². The number of carboxylic acid groups (broad SMARTS) is 1. The Kier molecular flexibility index (Phi) is 36.0. The van der Waals surface area contributed by atoms with Gasteiger partial charge in [-0.3, -0.25) is 23.4 Å². The summed E-state index contributed by atoms with van der Waals surface area (Å²) in [6.07, 6.45) is 39.2. The van der Waals surface area contributed by atoms with Gasteiger partial charge >= 0.3 is 25.7 Å². The van der Waals surface area contributed by atoms with Crippen LogP contribution in [0, 0.1) is 0 Å². The minimum absolute atomic E-state index is 0.143. The van der Waals surface area contributed by atoms with E-state index in [0.29, 0.717) is 12.8 Å². The molecule has 12 heteroatoms. The van der Waals surface area contributed by atoms with E-state index in [1.165, 1.54) is 57.8 Å². The SMILES string of the molecule is CCCCC/C=C\C/C=C\CCCCCCCC(=O)O[C@H](COC(=O)CCCCCCC/C=C\CCCCCCCC)COP(=O)(O)OC[C@H](N)C(=O)O. The summed E-state index contributed by atoms with van der Waals surface area (Å²) in [6.45, 7) is 2.74. The molecule has 0 aliphatic carbocycles. The fraction of sp³-hybridized carbons (Fsp3) is 0.786. The number of carboxylic acids is 1. The van der Waals surface area contributed by atoms with Gasteiger partial charge in [-0.15, -0.1) is 0 Å². The van der Waals surface area contributed by atoms with E-state index in [4.69, 9.17) is 24.8 Å². The van der Waals surface area contributed by atoms with E-state index < -0.39 is 51.1 Å². The van der Waals surface area contributed by atoms with Crippen molar-refractivity contribution < 1.29 is 47.5 Å². The highest BCUT2D eigenvalue weighted by Gasteiger charge is 2.28. The summed E-state index contributed by atoms with van der Waals surface area (Å²) >= 11 is 0. The van der Waals surface area contributed by atoms with Gasteiger partial charge in [-0.05, 0) is 70.6 Å². The number of carbonyl (C=O) groups is 3. The smallest absolute Gasteiger partial charge is 0.472 e. The Bertz CT molecular complexity index is 1060. The topological polar surface area (TPSA) is 172 Å². The second-order valence-corrected chi connectivity index (χ2v) is 15.6. The van der Waals surface area contributed by atoms with Crippen LogP contribution >= 0.6 is 7.82 Å². The Morgan fingerprint density at radius 3 is 1.50 bits per heavy atom. The number of esters is 2. The molecule has 0 aromatic rings. The molecular weight excluding hydrogens is 709 g/mol. The molecule has 0 radical (unpaired) electrons. The number of ether oxygens (including phenoxy) is 2. The lowest BCUT2D eigenvalue weighted by molar-refractivity contribution is -0.161. The summed E-state index contributed by atoms with van der Waals surface area (Å²) in [6, 6.07) is -1.52. The number of phosphoric ester groups is 1. The van der Waals surface area contributed by atoms with Crippen molar-refractivity contribution in [3.63, 3.8) is 0 Å². The van der Waals surface area contributed by atoms with Crippen LogP contribution in [-0.2, 0) is 37.5 Å². The number of phosphoric acid groups is 1. The van der Waals surface area contributed by atoms with Crippen molar-refractivity contribution in [3.05, 3.63) is 36.5 Å². The van der Waals surface area contributed by atoms with Crippen molar-refractivity contribution in [2.75, 3.05) is 19.8 Å². The van der Waals surface area contributed by atoms with Gasteiger partial charge in [0.05, 0.1) is 13.2 Å². The lowest BCUT2D eigenvalue weighted by Gasteiger charge is -2.20. The normalized spacial score (nSPS) is 14.1. The van der Waals surface area contributed by atoms with Crippen LogP contribution in [0.15, 0.2) is 36.5 Å². The predicted molar refractivity (Wildman–Crippen MR) is 217 cm³/mol. The van der Waals surface area contributed by atoms with Crippen LogP contribution in [-0.4, -0.2) is 59.9 Å². The highest BCUT2D eigenvalue weighted by molar-refractivity contribution is 7.47.